The minimum Gasteiger partial charge on any atom is -0.441 e. The number of nitrogens with one attached hydrogen (secondary N) is 1. The van der Waals surface area contributed by atoms with E-state index >= 15 is 0 Å². The topological polar surface area (TPSA) is 55.1 Å². The third-order valence-electron chi connectivity index (χ3n) is 3.45. The first kappa shape index (κ1) is 16.6. The first-order valence-corrected chi connectivity index (χ1v) is 8.05. The van der Waals surface area contributed by atoms with Crippen LogP contribution in [0.5, 0.6) is 0 Å². The molecule has 0 spiro atoms. The Morgan fingerprint density at radius 1 is 1.17 bits per heavy atom. The number of anilines is 1. The third kappa shape index (κ3) is 3.78. The molecule has 0 bridgehead atoms. The van der Waals surface area contributed by atoms with Gasteiger partial charge in [0, 0.05) is 10.6 Å². The van der Waals surface area contributed by atoms with Gasteiger partial charge in [0.15, 0.2) is 0 Å². The minimum absolute atomic E-state index is 0.0983. The van der Waals surface area contributed by atoms with Crippen LogP contribution in [-0.4, -0.2) is 10.9 Å². The molecular formula is C18H14Cl2N2O2. The van der Waals surface area contributed by atoms with E-state index in [2.05, 4.69) is 10.3 Å². The largest absolute Gasteiger partial charge is 0.441 e. The smallest absolute Gasteiger partial charge is 0.230 e. The summed E-state index contributed by atoms with van der Waals surface area (Å²) in [6.07, 6.45) is 0.0983. The van der Waals surface area contributed by atoms with Crippen LogP contribution in [0.1, 0.15) is 11.5 Å². The van der Waals surface area contributed by atoms with Crippen LogP contribution in [0.2, 0.25) is 10.0 Å². The number of hydrogen-bond acceptors (Lipinski definition) is 3. The van der Waals surface area contributed by atoms with Crippen LogP contribution in [0, 0.1) is 6.92 Å². The van der Waals surface area contributed by atoms with Crippen molar-refractivity contribution in [3.8, 4) is 11.5 Å². The Hall–Kier alpha value is -2.30. The van der Waals surface area contributed by atoms with Crippen molar-refractivity contribution in [2.75, 3.05) is 5.32 Å². The second-order valence-corrected chi connectivity index (χ2v) is 6.08. The number of halogens is 2. The van der Waals surface area contributed by atoms with Gasteiger partial charge in [0.2, 0.25) is 11.8 Å². The number of aromatic nitrogens is 1. The van der Waals surface area contributed by atoms with Crippen molar-refractivity contribution in [2.24, 2.45) is 0 Å². The van der Waals surface area contributed by atoms with Crippen molar-refractivity contribution in [3.05, 3.63) is 70.0 Å². The van der Waals surface area contributed by atoms with Crippen LogP contribution in [0.3, 0.4) is 0 Å². The molecule has 0 radical (unpaired) electrons. The summed E-state index contributed by atoms with van der Waals surface area (Å²) in [6.45, 7) is 1.79. The van der Waals surface area contributed by atoms with Gasteiger partial charge in [0.25, 0.3) is 0 Å². The molecule has 3 aromatic rings. The van der Waals surface area contributed by atoms with Gasteiger partial charge in [-0.15, -0.1) is 0 Å². The summed E-state index contributed by atoms with van der Waals surface area (Å²) in [5.41, 5.74) is 1.97. The molecule has 0 unspecified atom stereocenters. The van der Waals surface area contributed by atoms with E-state index in [-0.39, 0.29) is 12.3 Å². The van der Waals surface area contributed by atoms with Gasteiger partial charge in [-0.25, -0.2) is 4.98 Å². The zero-order chi connectivity index (χ0) is 17.1. The summed E-state index contributed by atoms with van der Waals surface area (Å²) in [4.78, 5) is 16.6. The summed E-state index contributed by atoms with van der Waals surface area (Å²) < 4.78 is 5.66. The molecule has 0 aliphatic rings. The molecule has 1 amide bonds. The Morgan fingerprint density at radius 2 is 1.92 bits per heavy atom. The number of amides is 1. The number of oxazole rings is 1. The highest BCUT2D eigenvalue weighted by molar-refractivity contribution is 6.36. The van der Waals surface area contributed by atoms with E-state index in [1.165, 1.54) is 0 Å². The van der Waals surface area contributed by atoms with Gasteiger partial charge in [0.05, 0.1) is 22.8 Å². The Kier molecular flexibility index (Phi) is 4.88. The highest BCUT2D eigenvalue weighted by Crippen LogP contribution is 2.26. The molecule has 1 N–H and O–H groups in total. The first-order chi connectivity index (χ1) is 11.5. The third-order valence-corrected chi connectivity index (χ3v) is 3.99. The van der Waals surface area contributed by atoms with Crippen LogP contribution >= 0.6 is 23.2 Å². The van der Waals surface area contributed by atoms with Crippen molar-refractivity contribution in [2.45, 2.75) is 13.3 Å². The van der Waals surface area contributed by atoms with Gasteiger partial charge in [0.1, 0.15) is 5.76 Å². The summed E-state index contributed by atoms with van der Waals surface area (Å²) in [6, 6.07) is 14.4. The molecular weight excluding hydrogens is 347 g/mol. The molecule has 6 heteroatoms. The Labute approximate surface area is 149 Å². The molecule has 122 valence electrons. The van der Waals surface area contributed by atoms with Gasteiger partial charge in [-0.2, -0.15) is 0 Å². The molecule has 0 saturated carbocycles. The number of nitrogens with zero attached hydrogens (tertiary/aromatic N) is 1. The van der Waals surface area contributed by atoms with E-state index in [9.17, 15) is 4.79 Å². The zero-order valence-electron chi connectivity index (χ0n) is 12.8. The molecule has 0 atom stereocenters. The molecule has 2 aromatic carbocycles. The van der Waals surface area contributed by atoms with Crippen LogP contribution in [0.4, 0.5) is 5.69 Å². The maximum absolute atomic E-state index is 12.2. The highest BCUT2D eigenvalue weighted by atomic mass is 35.5. The van der Waals surface area contributed by atoms with E-state index in [0.717, 1.165) is 5.56 Å². The Bertz CT molecular complexity index is 876. The van der Waals surface area contributed by atoms with Crippen LogP contribution < -0.4 is 5.32 Å². The highest BCUT2D eigenvalue weighted by Gasteiger charge is 2.15. The van der Waals surface area contributed by atoms with Crippen LogP contribution in [0.15, 0.2) is 52.9 Å². The standard InChI is InChI=1S/C18H14Cl2N2O2/c1-11-16(22-18(24-11)12-5-3-2-4-6-12)10-17(23)21-15-8-7-13(19)9-14(15)20/h2-9H,10H2,1H3,(H,21,23). The quantitative estimate of drug-likeness (QED) is 0.700. The number of aryl methyl sites for hydroxylation is 1. The Morgan fingerprint density at radius 3 is 2.62 bits per heavy atom. The van der Waals surface area contributed by atoms with E-state index in [1.54, 1.807) is 25.1 Å². The van der Waals surface area contributed by atoms with E-state index in [0.29, 0.717) is 33.1 Å². The van der Waals surface area contributed by atoms with Gasteiger partial charge in [-0.05, 0) is 37.3 Å². The molecule has 3 rings (SSSR count). The summed E-state index contributed by atoms with van der Waals surface area (Å²) in [5.74, 6) is 0.891. The van der Waals surface area contributed by atoms with Gasteiger partial charge in [-0.3, -0.25) is 4.79 Å². The number of benzene rings is 2. The zero-order valence-corrected chi connectivity index (χ0v) is 14.4. The van der Waals surface area contributed by atoms with Crippen molar-refractivity contribution >= 4 is 34.8 Å². The molecule has 1 heterocycles. The van der Waals surface area contributed by atoms with Gasteiger partial charge in [-0.1, -0.05) is 41.4 Å². The fraction of sp³-hybridized carbons (Fsp3) is 0.111. The maximum Gasteiger partial charge on any atom is 0.230 e. The van der Waals surface area contributed by atoms with Crippen molar-refractivity contribution < 1.29 is 9.21 Å². The average molecular weight is 361 g/mol. The second kappa shape index (κ2) is 7.07. The van der Waals surface area contributed by atoms with Crippen LogP contribution in [-0.2, 0) is 11.2 Å². The lowest BCUT2D eigenvalue weighted by molar-refractivity contribution is -0.115. The summed E-state index contributed by atoms with van der Waals surface area (Å²) in [7, 11) is 0. The molecule has 24 heavy (non-hydrogen) atoms. The number of hydrogen-bond donors (Lipinski definition) is 1. The van der Waals surface area contributed by atoms with Crippen molar-refractivity contribution in [3.63, 3.8) is 0 Å². The molecule has 1 aromatic heterocycles. The summed E-state index contributed by atoms with van der Waals surface area (Å²) >= 11 is 11.9. The number of rotatable bonds is 4. The lowest BCUT2D eigenvalue weighted by Crippen LogP contribution is -2.15. The molecule has 0 aliphatic carbocycles. The fourth-order valence-corrected chi connectivity index (χ4v) is 2.69. The molecule has 0 aliphatic heterocycles. The number of carbonyl (C=O) groups excluding carboxylic acids is 1. The molecule has 4 nitrogen and oxygen atoms in total. The predicted octanol–water partition coefficient (Wildman–Crippen LogP) is 5.14. The van der Waals surface area contributed by atoms with Crippen molar-refractivity contribution in [1.82, 2.24) is 4.98 Å². The maximum atomic E-state index is 12.2. The van der Waals surface area contributed by atoms with E-state index in [4.69, 9.17) is 27.6 Å². The predicted molar refractivity (Wildman–Crippen MR) is 95.5 cm³/mol. The lowest BCUT2D eigenvalue weighted by atomic mass is 10.2. The lowest BCUT2D eigenvalue weighted by Gasteiger charge is -2.06. The van der Waals surface area contributed by atoms with Gasteiger partial charge < -0.3 is 9.73 Å². The number of carbonyl (C=O) groups is 1. The van der Waals surface area contributed by atoms with E-state index < -0.39 is 0 Å². The summed E-state index contributed by atoms with van der Waals surface area (Å²) in [5, 5.41) is 3.65. The minimum atomic E-state index is -0.227. The SMILES string of the molecule is Cc1oc(-c2ccccc2)nc1CC(=O)Nc1ccc(Cl)cc1Cl. The Balaban J connectivity index is 1.74. The van der Waals surface area contributed by atoms with Gasteiger partial charge >= 0.3 is 0 Å². The second-order valence-electron chi connectivity index (χ2n) is 5.24. The first-order valence-electron chi connectivity index (χ1n) is 7.29. The molecule has 0 saturated heterocycles. The average Bonchev–Trinajstić information content (AvgIpc) is 2.92. The fourth-order valence-electron chi connectivity index (χ4n) is 2.23. The normalized spacial score (nSPS) is 10.6. The van der Waals surface area contributed by atoms with Crippen molar-refractivity contribution in [1.29, 1.82) is 0 Å². The van der Waals surface area contributed by atoms with E-state index in [1.807, 2.05) is 30.3 Å². The monoisotopic (exact) mass is 360 g/mol. The molecule has 0 fully saturated rings. The van der Waals surface area contributed by atoms with Crippen LogP contribution in [0.25, 0.3) is 11.5 Å².